The van der Waals surface area contributed by atoms with Gasteiger partial charge in [-0.3, -0.25) is 0 Å². The normalized spacial score (nSPS) is 16.2. The molecule has 1 aromatic heterocycles. The summed E-state index contributed by atoms with van der Waals surface area (Å²) in [6, 6.07) is 6.23. The number of aromatic nitrogens is 2. The molecule has 3 heterocycles. The molecule has 1 N–H and O–H groups in total. The molecule has 0 radical (unpaired) electrons. The summed E-state index contributed by atoms with van der Waals surface area (Å²) in [5.74, 6) is 0.539. The molecule has 0 aliphatic carbocycles. The van der Waals surface area contributed by atoms with Crippen molar-refractivity contribution in [2.45, 2.75) is 52.4 Å². The fourth-order valence-electron chi connectivity index (χ4n) is 3.42. The quantitative estimate of drug-likeness (QED) is 0.855. The Morgan fingerprint density at radius 3 is 2.89 bits per heavy atom. The molecule has 7 nitrogen and oxygen atoms in total. The number of amides is 1. The van der Waals surface area contributed by atoms with E-state index in [4.69, 9.17) is 9.47 Å². The second kappa shape index (κ2) is 7.39. The molecule has 1 amide bonds. The Morgan fingerprint density at radius 2 is 2.07 bits per heavy atom. The first-order chi connectivity index (χ1) is 13.4. The number of carbonyl (C=O) groups excluding carboxylic acids is 1. The lowest BCUT2D eigenvalue weighted by Crippen LogP contribution is -2.40. The Labute approximate surface area is 165 Å². The van der Waals surface area contributed by atoms with E-state index in [0.717, 1.165) is 36.4 Å². The van der Waals surface area contributed by atoms with E-state index in [0.29, 0.717) is 25.6 Å². The summed E-state index contributed by atoms with van der Waals surface area (Å²) in [4.78, 5) is 23.2. The van der Waals surface area contributed by atoms with Crippen LogP contribution in [0, 0.1) is 0 Å². The van der Waals surface area contributed by atoms with Crippen molar-refractivity contribution >= 4 is 17.7 Å². The van der Waals surface area contributed by atoms with Gasteiger partial charge < -0.3 is 19.7 Å². The lowest BCUT2D eigenvalue weighted by molar-refractivity contribution is 0.0220. The summed E-state index contributed by atoms with van der Waals surface area (Å²) in [6.07, 6.45) is 3.20. The van der Waals surface area contributed by atoms with E-state index in [1.54, 1.807) is 4.90 Å². The van der Waals surface area contributed by atoms with Crippen molar-refractivity contribution in [1.82, 2.24) is 14.9 Å². The van der Waals surface area contributed by atoms with Gasteiger partial charge in [-0.25, -0.2) is 14.8 Å². The Balaban J connectivity index is 1.48. The molecule has 2 aliphatic rings. The maximum Gasteiger partial charge on any atom is 0.410 e. The molecule has 0 saturated carbocycles. The van der Waals surface area contributed by atoms with E-state index in [2.05, 4.69) is 27.4 Å². The van der Waals surface area contributed by atoms with E-state index in [9.17, 15) is 4.79 Å². The molecule has 0 unspecified atom stereocenters. The summed E-state index contributed by atoms with van der Waals surface area (Å²) < 4.78 is 11.0. The molecule has 7 heteroatoms. The molecule has 2 aliphatic heterocycles. The highest BCUT2D eigenvalue weighted by atomic mass is 16.6. The second-order valence-corrected chi connectivity index (χ2v) is 8.23. The topological polar surface area (TPSA) is 76.6 Å². The first kappa shape index (κ1) is 18.7. The zero-order valence-electron chi connectivity index (χ0n) is 16.6. The van der Waals surface area contributed by atoms with Crippen LogP contribution in [-0.2, 0) is 35.5 Å². The van der Waals surface area contributed by atoms with Gasteiger partial charge in [0.05, 0.1) is 25.5 Å². The molecule has 2 aromatic rings. The fraction of sp³-hybridized carbons (Fsp3) is 0.476. The van der Waals surface area contributed by atoms with Gasteiger partial charge in [0.15, 0.2) is 0 Å². The van der Waals surface area contributed by atoms with Gasteiger partial charge in [0.1, 0.15) is 5.60 Å². The van der Waals surface area contributed by atoms with Crippen LogP contribution >= 0.6 is 0 Å². The first-order valence-corrected chi connectivity index (χ1v) is 9.67. The molecule has 0 atom stereocenters. The Hall–Kier alpha value is -2.67. The van der Waals surface area contributed by atoms with Crippen molar-refractivity contribution in [3.05, 3.63) is 46.8 Å². The van der Waals surface area contributed by atoms with E-state index >= 15 is 0 Å². The number of ether oxygens (including phenoxy) is 2. The van der Waals surface area contributed by atoms with Gasteiger partial charge in [0, 0.05) is 18.4 Å². The average molecular weight is 382 g/mol. The van der Waals surface area contributed by atoms with Crippen LogP contribution in [0.15, 0.2) is 24.4 Å². The molecule has 148 valence electrons. The second-order valence-electron chi connectivity index (χ2n) is 8.23. The minimum Gasteiger partial charge on any atom is -0.444 e. The van der Waals surface area contributed by atoms with Crippen LogP contribution in [0.4, 0.5) is 16.4 Å². The predicted molar refractivity (Wildman–Crippen MR) is 105 cm³/mol. The molecule has 1 aromatic carbocycles. The van der Waals surface area contributed by atoms with Crippen LogP contribution in [0.3, 0.4) is 0 Å². The van der Waals surface area contributed by atoms with E-state index in [1.165, 1.54) is 11.1 Å². The van der Waals surface area contributed by atoms with Gasteiger partial charge in [0.2, 0.25) is 5.95 Å². The van der Waals surface area contributed by atoms with Crippen LogP contribution in [0.1, 0.15) is 43.2 Å². The number of carbonyl (C=O) groups is 1. The molecule has 4 rings (SSSR count). The molecule has 28 heavy (non-hydrogen) atoms. The third kappa shape index (κ3) is 4.25. The summed E-state index contributed by atoms with van der Waals surface area (Å²) in [7, 11) is 0. The van der Waals surface area contributed by atoms with Crippen LogP contribution in [0.2, 0.25) is 0 Å². The Kier molecular flexibility index (Phi) is 4.93. The van der Waals surface area contributed by atoms with Gasteiger partial charge in [-0.15, -0.1) is 0 Å². The molecule has 0 fully saturated rings. The predicted octanol–water partition coefficient (Wildman–Crippen LogP) is 3.59. The SMILES string of the molecule is CC(C)(C)OC(=O)N1CCc2cnc(Nc3ccc4c(c3)CCOC4)nc2C1. The van der Waals surface area contributed by atoms with Gasteiger partial charge in [-0.05, 0) is 62.4 Å². The van der Waals surface area contributed by atoms with Crippen LogP contribution in [-0.4, -0.2) is 39.7 Å². The largest absolute Gasteiger partial charge is 0.444 e. The highest BCUT2D eigenvalue weighted by Gasteiger charge is 2.26. The minimum absolute atomic E-state index is 0.303. The third-order valence-electron chi connectivity index (χ3n) is 4.83. The summed E-state index contributed by atoms with van der Waals surface area (Å²) in [5.41, 5.74) is 4.92. The van der Waals surface area contributed by atoms with Crippen LogP contribution < -0.4 is 5.32 Å². The highest BCUT2D eigenvalue weighted by Crippen LogP contribution is 2.24. The monoisotopic (exact) mass is 382 g/mol. The van der Waals surface area contributed by atoms with Gasteiger partial charge in [-0.1, -0.05) is 6.07 Å². The van der Waals surface area contributed by atoms with E-state index in [1.807, 2.05) is 33.0 Å². The zero-order chi connectivity index (χ0) is 19.7. The molecular weight excluding hydrogens is 356 g/mol. The van der Waals surface area contributed by atoms with Gasteiger partial charge in [0.25, 0.3) is 0 Å². The summed E-state index contributed by atoms with van der Waals surface area (Å²) in [5, 5.41) is 3.29. The zero-order valence-corrected chi connectivity index (χ0v) is 16.6. The number of hydrogen-bond acceptors (Lipinski definition) is 6. The Morgan fingerprint density at radius 1 is 1.21 bits per heavy atom. The Bertz CT molecular complexity index is 892. The third-order valence-corrected chi connectivity index (χ3v) is 4.83. The number of nitrogens with zero attached hydrogens (tertiary/aromatic N) is 3. The lowest BCUT2D eigenvalue weighted by atomic mass is 10.0. The molecular formula is C21H26N4O3. The number of nitrogens with one attached hydrogen (secondary N) is 1. The number of hydrogen-bond donors (Lipinski definition) is 1. The molecule has 0 bridgehead atoms. The van der Waals surface area contributed by atoms with Gasteiger partial charge >= 0.3 is 6.09 Å². The number of rotatable bonds is 2. The number of fused-ring (bicyclic) bond motifs is 2. The first-order valence-electron chi connectivity index (χ1n) is 9.67. The minimum atomic E-state index is -0.507. The standard InChI is InChI=1S/C21H26N4O3/c1-21(2,3)28-20(26)25-8-6-15-11-22-19(24-18(15)12-25)23-17-5-4-16-13-27-9-7-14(16)10-17/h4-5,10-11H,6-9,12-13H2,1-3H3,(H,22,23,24). The van der Waals surface area contributed by atoms with Crippen molar-refractivity contribution in [2.75, 3.05) is 18.5 Å². The summed E-state index contributed by atoms with van der Waals surface area (Å²) in [6.45, 7) is 8.10. The molecule has 0 saturated heterocycles. The number of benzene rings is 1. The van der Waals surface area contributed by atoms with Crippen molar-refractivity contribution < 1.29 is 14.3 Å². The number of anilines is 2. The fourth-order valence-corrected chi connectivity index (χ4v) is 3.42. The smallest absolute Gasteiger partial charge is 0.410 e. The van der Waals surface area contributed by atoms with E-state index in [-0.39, 0.29) is 6.09 Å². The van der Waals surface area contributed by atoms with Crippen molar-refractivity contribution in [3.8, 4) is 0 Å². The maximum absolute atomic E-state index is 12.4. The van der Waals surface area contributed by atoms with E-state index < -0.39 is 5.60 Å². The lowest BCUT2D eigenvalue weighted by Gasteiger charge is -2.30. The van der Waals surface area contributed by atoms with Crippen LogP contribution in [0.25, 0.3) is 0 Å². The van der Waals surface area contributed by atoms with Crippen molar-refractivity contribution in [1.29, 1.82) is 0 Å². The average Bonchev–Trinajstić information content (AvgIpc) is 2.66. The highest BCUT2D eigenvalue weighted by molar-refractivity contribution is 5.68. The maximum atomic E-state index is 12.4. The summed E-state index contributed by atoms with van der Waals surface area (Å²) >= 11 is 0. The van der Waals surface area contributed by atoms with Gasteiger partial charge in [-0.2, -0.15) is 0 Å². The van der Waals surface area contributed by atoms with Crippen molar-refractivity contribution in [3.63, 3.8) is 0 Å². The van der Waals surface area contributed by atoms with Crippen LogP contribution in [0.5, 0.6) is 0 Å². The van der Waals surface area contributed by atoms with Crippen molar-refractivity contribution in [2.24, 2.45) is 0 Å². The molecule has 0 spiro atoms.